The number of carbonyl (C=O) groups is 1. The quantitative estimate of drug-likeness (QED) is 0.485. The van der Waals surface area contributed by atoms with Gasteiger partial charge in [-0.05, 0) is 52.7 Å². The van der Waals surface area contributed by atoms with E-state index in [4.69, 9.17) is 10.1 Å². The van der Waals surface area contributed by atoms with E-state index < -0.39 is 5.97 Å². The van der Waals surface area contributed by atoms with Crippen molar-refractivity contribution in [1.82, 2.24) is 24.4 Å². The second kappa shape index (κ2) is 6.77. The highest BCUT2D eigenvalue weighted by Gasteiger charge is 2.32. The summed E-state index contributed by atoms with van der Waals surface area (Å²) in [6.45, 7) is 8.36. The van der Waals surface area contributed by atoms with E-state index in [-0.39, 0.29) is 6.04 Å². The average molecular weight is 422 g/mol. The highest BCUT2D eigenvalue weighted by atomic mass is 32.1. The van der Waals surface area contributed by atoms with Gasteiger partial charge in [-0.25, -0.2) is 14.3 Å². The number of aromatic carboxylic acids is 1. The Morgan fingerprint density at radius 2 is 2.07 bits per heavy atom. The lowest BCUT2D eigenvalue weighted by atomic mass is 10.0. The Labute approximate surface area is 178 Å². The number of rotatable bonds is 5. The first-order chi connectivity index (χ1) is 14.3. The van der Waals surface area contributed by atoms with Gasteiger partial charge in [-0.1, -0.05) is 0 Å². The summed E-state index contributed by atoms with van der Waals surface area (Å²) < 4.78 is 3.89. The molecule has 0 unspecified atom stereocenters. The number of aryl methyl sites for hydroxylation is 1. The number of carboxylic acids is 1. The van der Waals surface area contributed by atoms with E-state index in [2.05, 4.69) is 31.9 Å². The molecule has 0 aromatic carbocycles. The smallest absolute Gasteiger partial charge is 0.347 e. The molecule has 0 saturated heterocycles. The summed E-state index contributed by atoms with van der Waals surface area (Å²) in [7, 11) is 0. The lowest BCUT2D eigenvalue weighted by Gasteiger charge is -2.08. The molecule has 8 heteroatoms. The molecule has 4 aromatic rings. The standard InChI is InChI=1S/C22H23N5O2S/c1-11(2)27-13(4)18(12(3)25-27)16-10-23-26-8-7-15(9-17(16)26)21-24-19(14-5-6-14)20(30-21)22(28)29/h7-11,14H,5-6H2,1-4H3,(H,28,29). The van der Waals surface area contributed by atoms with Crippen LogP contribution >= 0.6 is 11.3 Å². The van der Waals surface area contributed by atoms with E-state index in [0.717, 1.165) is 57.1 Å². The monoisotopic (exact) mass is 421 g/mol. The first-order valence-electron chi connectivity index (χ1n) is 10.1. The van der Waals surface area contributed by atoms with Gasteiger partial charge in [0.25, 0.3) is 0 Å². The molecule has 7 nitrogen and oxygen atoms in total. The van der Waals surface area contributed by atoms with Gasteiger partial charge in [0, 0.05) is 40.5 Å². The van der Waals surface area contributed by atoms with Crippen LogP contribution < -0.4 is 0 Å². The fourth-order valence-electron chi connectivity index (χ4n) is 4.10. The maximum atomic E-state index is 11.7. The van der Waals surface area contributed by atoms with E-state index in [1.54, 1.807) is 0 Å². The summed E-state index contributed by atoms with van der Waals surface area (Å²) in [6, 6.07) is 4.28. The van der Waals surface area contributed by atoms with Crippen LogP contribution in [0.15, 0.2) is 24.5 Å². The second-order valence-electron chi connectivity index (χ2n) is 8.20. The lowest BCUT2D eigenvalue weighted by Crippen LogP contribution is -2.04. The number of thiazole rings is 1. The third-order valence-corrected chi connectivity index (χ3v) is 6.77. The van der Waals surface area contributed by atoms with Crippen molar-refractivity contribution in [3.8, 4) is 21.7 Å². The van der Waals surface area contributed by atoms with Gasteiger partial charge in [-0.3, -0.25) is 4.68 Å². The molecule has 154 valence electrons. The first-order valence-corrected chi connectivity index (χ1v) is 10.9. The van der Waals surface area contributed by atoms with E-state index >= 15 is 0 Å². The minimum absolute atomic E-state index is 0.278. The van der Waals surface area contributed by atoms with Crippen molar-refractivity contribution in [3.05, 3.63) is 46.5 Å². The predicted molar refractivity (Wildman–Crippen MR) is 116 cm³/mol. The van der Waals surface area contributed by atoms with Gasteiger partial charge in [0.05, 0.1) is 23.1 Å². The molecular weight excluding hydrogens is 398 g/mol. The topological polar surface area (TPSA) is 85.3 Å². The Morgan fingerprint density at radius 3 is 2.70 bits per heavy atom. The van der Waals surface area contributed by atoms with Crippen LogP contribution in [0.1, 0.15) is 65.4 Å². The largest absolute Gasteiger partial charge is 0.477 e. The number of pyridine rings is 1. The molecule has 4 aromatic heterocycles. The number of aromatic nitrogens is 5. The Kier molecular flexibility index (Phi) is 4.28. The molecule has 1 aliphatic carbocycles. The summed E-state index contributed by atoms with van der Waals surface area (Å²) in [6.07, 6.45) is 5.83. The normalized spacial score (nSPS) is 14.2. The summed E-state index contributed by atoms with van der Waals surface area (Å²) in [4.78, 5) is 16.8. The van der Waals surface area contributed by atoms with Gasteiger partial charge in [0.2, 0.25) is 0 Å². The van der Waals surface area contributed by atoms with Crippen molar-refractivity contribution >= 4 is 22.8 Å². The molecule has 0 aliphatic heterocycles. The Hall–Kier alpha value is -3.00. The van der Waals surface area contributed by atoms with Crippen LogP contribution in [0.4, 0.5) is 0 Å². The molecule has 4 heterocycles. The molecule has 0 spiro atoms. The van der Waals surface area contributed by atoms with E-state index in [0.29, 0.717) is 10.8 Å². The fraction of sp³-hybridized carbons (Fsp3) is 0.364. The number of nitrogens with zero attached hydrogens (tertiary/aromatic N) is 5. The fourth-order valence-corrected chi connectivity index (χ4v) is 5.09. The number of hydrogen-bond acceptors (Lipinski definition) is 5. The minimum Gasteiger partial charge on any atom is -0.477 e. The Balaban J connectivity index is 1.65. The second-order valence-corrected chi connectivity index (χ2v) is 9.20. The zero-order valence-corrected chi connectivity index (χ0v) is 18.2. The molecule has 5 rings (SSSR count). The van der Waals surface area contributed by atoms with Crippen LogP contribution in [-0.2, 0) is 0 Å². The zero-order valence-electron chi connectivity index (χ0n) is 17.4. The average Bonchev–Trinajstić information content (AvgIpc) is 3.19. The third-order valence-electron chi connectivity index (χ3n) is 5.66. The highest BCUT2D eigenvalue weighted by Crippen LogP contribution is 2.44. The van der Waals surface area contributed by atoms with Gasteiger partial charge in [0.15, 0.2) is 0 Å². The molecule has 1 fully saturated rings. The highest BCUT2D eigenvalue weighted by molar-refractivity contribution is 7.17. The van der Waals surface area contributed by atoms with Gasteiger partial charge in [-0.2, -0.15) is 10.2 Å². The van der Waals surface area contributed by atoms with Crippen LogP contribution in [0, 0.1) is 13.8 Å². The molecule has 1 aliphatic rings. The molecule has 1 N–H and O–H groups in total. The van der Waals surface area contributed by atoms with Crippen molar-refractivity contribution in [2.45, 2.75) is 52.5 Å². The van der Waals surface area contributed by atoms with Gasteiger partial charge < -0.3 is 5.11 Å². The summed E-state index contributed by atoms with van der Waals surface area (Å²) in [5, 5.41) is 19.6. The van der Waals surface area contributed by atoms with Crippen LogP contribution in [-0.4, -0.2) is 35.5 Å². The SMILES string of the molecule is Cc1nn(C(C)C)c(C)c1-c1cnn2ccc(-c3nc(C4CC4)c(C(=O)O)s3)cc12. The summed E-state index contributed by atoms with van der Waals surface area (Å²) in [5.41, 5.74) is 6.82. The van der Waals surface area contributed by atoms with Gasteiger partial charge in [-0.15, -0.1) is 11.3 Å². The molecule has 0 radical (unpaired) electrons. The number of carboxylic acid groups (broad SMARTS) is 1. The van der Waals surface area contributed by atoms with Crippen molar-refractivity contribution < 1.29 is 9.90 Å². The van der Waals surface area contributed by atoms with Crippen molar-refractivity contribution in [2.24, 2.45) is 0 Å². The van der Waals surface area contributed by atoms with E-state index in [9.17, 15) is 9.90 Å². The Bertz CT molecular complexity index is 1290. The number of fused-ring (bicyclic) bond motifs is 1. The molecule has 0 bridgehead atoms. The lowest BCUT2D eigenvalue weighted by molar-refractivity contribution is 0.0700. The maximum absolute atomic E-state index is 11.7. The van der Waals surface area contributed by atoms with Gasteiger partial charge in [0.1, 0.15) is 9.88 Å². The van der Waals surface area contributed by atoms with Crippen LogP contribution in [0.2, 0.25) is 0 Å². The Morgan fingerprint density at radius 1 is 1.30 bits per heavy atom. The number of hydrogen-bond donors (Lipinski definition) is 1. The van der Waals surface area contributed by atoms with Crippen molar-refractivity contribution in [1.29, 1.82) is 0 Å². The molecule has 1 saturated carbocycles. The van der Waals surface area contributed by atoms with Crippen molar-refractivity contribution in [2.75, 3.05) is 0 Å². The molecule has 30 heavy (non-hydrogen) atoms. The molecule has 0 atom stereocenters. The van der Waals surface area contributed by atoms with E-state index in [1.807, 2.05) is 34.6 Å². The summed E-state index contributed by atoms with van der Waals surface area (Å²) >= 11 is 1.26. The third kappa shape index (κ3) is 2.94. The van der Waals surface area contributed by atoms with E-state index in [1.165, 1.54) is 11.3 Å². The maximum Gasteiger partial charge on any atom is 0.347 e. The van der Waals surface area contributed by atoms with Crippen molar-refractivity contribution in [3.63, 3.8) is 0 Å². The zero-order chi connectivity index (χ0) is 21.2. The first kappa shape index (κ1) is 19.0. The molecular formula is C22H23N5O2S. The predicted octanol–water partition coefficient (Wildman–Crippen LogP) is 5.09. The van der Waals surface area contributed by atoms with Crippen LogP contribution in [0.25, 0.3) is 27.2 Å². The van der Waals surface area contributed by atoms with Crippen LogP contribution in [0.3, 0.4) is 0 Å². The molecule has 0 amide bonds. The van der Waals surface area contributed by atoms with Gasteiger partial charge >= 0.3 is 5.97 Å². The summed E-state index contributed by atoms with van der Waals surface area (Å²) in [5.74, 6) is -0.596. The minimum atomic E-state index is -0.890. The van der Waals surface area contributed by atoms with Crippen LogP contribution in [0.5, 0.6) is 0 Å².